The van der Waals surface area contributed by atoms with Gasteiger partial charge in [-0.15, -0.1) is 0 Å². The molecule has 0 heterocycles. The van der Waals surface area contributed by atoms with Crippen molar-refractivity contribution in [3.8, 4) is 0 Å². The predicted molar refractivity (Wildman–Crippen MR) is 170 cm³/mol. The van der Waals surface area contributed by atoms with Crippen LogP contribution in [0.5, 0.6) is 0 Å². The van der Waals surface area contributed by atoms with Crippen LogP contribution < -0.4 is 4.90 Å². The second kappa shape index (κ2) is 11.6. The lowest BCUT2D eigenvalue weighted by molar-refractivity contribution is 0.602. The Hall–Kier alpha value is -4.36. The van der Waals surface area contributed by atoms with E-state index in [1.165, 1.54) is 70.8 Å². The quantitative estimate of drug-likeness (QED) is 0.207. The molecule has 39 heavy (non-hydrogen) atoms. The summed E-state index contributed by atoms with van der Waals surface area (Å²) in [6.45, 7) is 2.13. The molecule has 0 N–H and O–H groups in total. The number of anilines is 3. The molecule has 0 atom stereocenters. The van der Waals surface area contributed by atoms with E-state index in [-0.39, 0.29) is 0 Å². The van der Waals surface area contributed by atoms with Gasteiger partial charge in [-0.05, 0) is 85.0 Å². The molecule has 0 spiro atoms. The first-order chi connectivity index (χ1) is 19.2. The maximum absolute atomic E-state index is 2.39. The van der Waals surface area contributed by atoms with E-state index in [1.807, 2.05) is 0 Å². The number of hydrogen-bond donors (Lipinski definition) is 0. The third-order valence-electron chi connectivity index (χ3n) is 7.72. The minimum Gasteiger partial charge on any atom is -0.310 e. The van der Waals surface area contributed by atoms with E-state index in [0.29, 0.717) is 0 Å². The zero-order valence-corrected chi connectivity index (χ0v) is 22.7. The second-order valence-corrected chi connectivity index (χ2v) is 10.6. The van der Waals surface area contributed by atoms with Crippen LogP contribution >= 0.6 is 0 Å². The molecular formula is C38H35N. The van der Waals surface area contributed by atoms with Crippen molar-refractivity contribution >= 4 is 46.1 Å². The molecule has 1 nitrogen and oxygen atoms in total. The van der Waals surface area contributed by atoms with Gasteiger partial charge < -0.3 is 4.90 Å². The van der Waals surface area contributed by atoms with Crippen molar-refractivity contribution in [1.29, 1.82) is 0 Å². The zero-order valence-electron chi connectivity index (χ0n) is 22.7. The molecule has 0 bridgehead atoms. The molecule has 0 unspecified atom stereocenters. The summed E-state index contributed by atoms with van der Waals surface area (Å²) in [6.07, 6.45) is 13.4. The molecular weight excluding hydrogens is 470 g/mol. The molecule has 5 aromatic carbocycles. The normalized spacial score (nSPS) is 13.6. The van der Waals surface area contributed by atoms with Gasteiger partial charge in [-0.3, -0.25) is 0 Å². The van der Waals surface area contributed by atoms with Crippen molar-refractivity contribution in [1.82, 2.24) is 0 Å². The maximum Gasteiger partial charge on any atom is 0.0540 e. The topological polar surface area (TPSA) is 3.24 Å². The van der Waals surface area contributed by atoms with Crippen molar-refractivity contribution in [2.75, 3.05) is 4.90 Å². The molecule has 0 saturated heterocycles. The lowest BCUT2D eigenvalue weighted by Gasteiger charge is -2.27. The molecule has 0 radical (unpaired) electrons. The highest BCUT2D eigenvalue weighted by Crippen LogP contribution is 2.39. The van der Waals surface area contributed by atoms with Crippen LogP contribution in [0.3, 0.4) is 0 Å². The van der Waals surface area contributed by atoms with Gasteiger partial charge in [-0.2, -0.15) is 0 Å². The summed E-state index contributed by atoms with van der Waals surface area (Å²) in [5, 5.41) is 2.49. The Morgan fingerprint density at radius 2 is 1.10 bits per heavy atom. The monoisotopic (exact) mass is 505 g/mol. The number of fused-ring (bicyclic) bond motifs is 1. The van der Waals surface area contributed by atoms with Crippen LogP contribution in [0.15, 0.2) is 121 Å². The lowest BCUT2D eigenvalue weighted by Crippen LogP contribution is -2.10. The minimum atomic E-state index is 1.15. The average Bonchev–Trinajstić information content (AvgIpc) is 2.99. The summed E-state index contributed by atoms with van der Waals surface area (Å²) >= 11 is 0. The molecule has 1 aliphatic carbocycles. The van der Waals surface area contributed by atoms with Gasteiger partial charge in [0.05, 0.1) is 5.69 Å². The molecule has 1 fully saturated rings. The molecule has 1 heteroatoms. The molecule has 192 valence electrons. The van der Waals surface area contributed by atoms with Gasteiger partial charge >= 0.3 is 0 Å². The molecule has 1 aliphatic rings. The SMILES string of the molecule is Cc1ccc(N(c2ccc(/C=C/c3ccc(C=C4CCCCC4)cc3)cc2)c2cccc3ccccc23)cc1. The minimum absolute atomic E-state index is 1.15. The van der Waals surface area contributed by atoms with E-state index >= 15 is 0 Å². The molecule has 0 aliphatic heterocycles. The number of nitrogens with zero attached hydrogens (tertiary/aromatic N) is 1. The molecule has 5 aromatic rings. The standard InChI is InChI=1S/C38H35N/c1-29-14-24-35(25-15-29)39(38-13-7-11-34-10-5-6-12-37(34)38)36-26-22-31(23-27-36)17-16-30-18-20-33(21-19-30)28-32-8-3-2-4-9-32/h5-7,10-28H,2-4,8-9H2,1H3/b17-16+. The van der Waals surface area contributed by atoms with E-state index < -0.39 is 0 Å². The lowest BCUT2D eigenvalue weighted by atomic mass is 9.93. The molecule has 0 amide bonds. The highest BCUT2D eigenvalue weighted by Gasteiger charge is 2.15. The van der Waals surface area contributed by atoms with E-state index in [2.05, 4.69) is 145 Å². The summed E-state index contributed by atoms with van der Waals surface area (Å²) in [5.41, 5.74) is 10.1. The summed E-state index contributed by atoms with van der Waals surface area (Å²) in [4.78, 5) is 2.36. The van der Waals surface area contributed by atoms with Gasteiger partial charge in [0, 0.05) is 16.8 Å². The number of rotatable bonds is 6. The van der Waals surface area contributed by atoms with E-state index in [1.54, 1.807) is 5.57 Å². The fourth-order valence-electron chi connectivity index (χ4n) is 5.54. The van der Waals surface area contributed by atoms with Crippen LogP contribution in [-0.2, 0) is 0 Å². The molecule has 0 aromatic heterocycles. The van der Waals surface area contributed by atoms with Crippen LogP contribution in [0.1, 0.15) is 54.4 Å². The molecule has 6 rings (SSSR count). The van der Waals surface area contributed by atoms with Crippen LogP contribution in [0.2, 0.25) is 0 Å². The van der Waals surface area contributed by atoms with Crippen molar-refractivity contribution in [3.63, 3.8) is 0 Å². The van der Waals surface area contributed by atoms with Crippen molar-refractivity contribution < 1.29 is 0 Å². The first-order valence-corrected chi connectivity index (χ1v) is 14.2. The Labute approximate surface area is 232 Å². The van der Waals surface area contributed by atoms with Gasteiger partial charge in [0.1, 0.15) is 0 Å². The average molecular weight is 506 g/mol. The Bertz CT molecular complexity index is 1590. The van der Waals surface area contributed by atoms with Crippen LogP contribution in [0.25, 0.3) is 29.0 Å². The van der Waals surface area contributed by atoms with Gasteiger partial charge in [0.2, 0.25) is 0 Å². The smallest absolute Gasteiger partial charge is 0.0540 e. The van der Waals surface area contributed by atoms with Crippen LogP contribution in [-0.4, -0.2) is 0 Å². The fourth-order valence-corrected chi connectivity index (χ4v) is 5.54. The number of aryl methyl sites for hydroxylation is 1. The van der Waals surface area contributed by atoms with E-state index in [4.69, 9.17) is 0 Å². The molecule has 1 saturated carbocycles. The summed E-state index contributed by atoms with van der Waals surface area (Å²) in [7, 11) is 0. The number of allylic oxidation sites excluding steroid dienone is 1. The highest BCUT2D eigenvalue weighted by molar-refractivity contribution is 5.98. The summed E-state index contributed by atoms with van der Waals surface area (Å²) < 4.78 is 0. The maximum atomic E-state index is 2.39. The van der Waals surface area contributed by atoms with E-state index in [0.717, 1.165) is 11.4 Å². The Kier molecular flexibility index (Phi) is 7.41. The van der Waals surface area contributed by atoms with Crippen molar-refractivity contribution in [2.45, 2.75) is 39.0 Å². The second-order valence-electron chi connectivity index (χ2n) is 10.6. The van der Waals surface area contributed by atoms with Crippen molar-refractivity contribution in [2.24, 2.45) is 0 Å². The number of benzene rings is 5. The number of hydrogen-bond acceptors (Lipinski definition) is 1. The predicted octanol–water partition coefficient (Wildman–Crippen LogP) is 11.1. The van der Waals surface area contributed by atoms with Crippen LogP contribution in [0, 0.1) is 6.92 Å². The van der Waals surface area contributed by atoms with Gasteiger partial charge in [-0.1, -0.05) is 121 Å². The Morgan fingerprint density at radius 3 is 1.79 bits per heavy atom. The first-order valence-electron chi connectivity index (χ1n) is 14.2. The first kappa shape index (κ1) is 24.9. The van der Waals surface area contributed by atoms with Crippen LogP contribution in [0.4, 0.5) is 17.1 Å². The van der Waals surface area contributed by atoms with Crippen molar-refractivity contribution in [3.05, 3.63) is 143 Å². The van der Waals surface area contributed by atoms with Gasteiger partial charge in [0.25, 0.3) is 0 Å². The van der Waals surface area contributed by atoms with E-state index in [9.17, 15) is 0 Å². The zero-order chi connectivity index (χ0) is 26.4. The summed E-state index contributed by atoms with van der Waals surface area (Å²) in [5.74, 6) is 0. The van der Waals surface area contributed by atoms with Gasteiger partial charge in [0.15, 0.2) is 0 Å². The largest absolute Gasteiger partial charge is 0.310 e. The Morgan fingerprint density at radius 1 is 0.538 bits per heavy atom. The third kappa shape index (κ3) is 5.89. The third-order valence-corrected chi connectivity index (χ3v) is 7.72. The fraction of sp³-hybridized carbons (Fsp3) is 0.158. The highest BCUT2D eigenvalue weighted by atomic mass is 15.1. The Balaban J connectivity index is 1.26. The van der Waals surface area contributed by atoms with Gasteiger partial charge in [-0.25, -0.2) is 0 Å². The summed E-state index contributed by atoms with van der Waals surface area (Å²) in [6, 6.07) is 41.7.